The monoisotopic (exact) mass is 765 g/mol. The Morgan fingerprint density at radius 3 is 1.77 bits per heavy atom. The fourth-order valence-electron chi connectivity index (χ4n) is 7.87. The number of nitrogens with zero attached hydrogens (tertiary/aromatic N) is 5. The molecule has 0 fully saturated rings. The van der Waals surface area contributed by atoms with Crippen LogP contribution in [-0.2, 0) is 0 Å². The number of rotatable bonds is 5. The summed E-state index contributed by atoms with van der Waals surface area (Å²) in [5, 5.41) is 5.45. The number of furan rings is 1. The standard InChI is InChI=1S/C49H27N5OS2/c1-3-12-28(13-4-1)46-50-43(45-44(51-46)33-17-8-10-21-40(33)57-45)30-22-24-37-36(26-30)42-34(18-11-19-38(42)55-37)49-53-47(29-14-5-2-6-15-29)52-48(54-49)31-23-25-41-35(27-31)32-16-7-9-20-39(32)56-41/h1-27H. The van der Waals surface area contributed by atoms with Gasteiger partial charge >= 0.3 is 0 Å². The van der Waals surface area contributed by atoms with Crippen LogP contribution in [0.1, 0.15) is 0 Å². The van der Waals surface area contributed by atoms with Gasteiger partial charge in [0.2, 0.25) is 0 Å². The van der Waals surface area contributed by atoms with Gasteiger partial charge < -0.3 is 4.42 Å². The summed E-state index contributed by atoms with van der Waals surface area (Å²) in [5.74, 6) is 2.49. The average Bonchev–Trinajstić information content (AvgIpc) is 3.97. The van der Waals surface area contributed by atoms with E-state index < -0.39 is 0 Å². The second-order valence-corrected chi connectivity index (χ2v) is 16.1. The predicted octanol–water partition coefficient (Wildman–Crippen LogP) is 13.6. The smallest absolute Gasteiger partial charge is 0.164 e. The summed E-state index contributed by atoms with van der Waals surface area (Å²) in [6.07, 6.45) is 0. The van der Waals surface area contributed by atoms with Crippen molar-refractivity contribution in [3.63, 3.8) is 0 Å². The van der Waals surface area contributed by atoms with E-state index in [2.05, 4.69) is 97.1 Å². The van der Waals surface area contributed by atoms with Crippen LogP contribution in [0.4, 0.5) is 0 Å². The largest absolute Gasteiger partial charge is 0.456 e. The van der Waals surface area contributed by atoms with Gasteiger partial charge in [-0.1, -0.05) is 109 Å². The zero-order valence-corrected chi connectivity index (χ0v) is 31.7. The van der Waals surface area contributed by atoms with Gasteiger partial charge in [-0.25, -0.2) is 24.9 Å². The summed E-state index contributed by atoms with van der Waals surface area (Å²) in [7, 11) is 0. The number of aromatic nitrogens is 5. The summed E-state index contributed by atoms with van der Waals surface area (Å²) < 4.78 is 11.3. The first-order valence-corrected chi connectivity index (χ1v) is 20.3. The van der Waals surface area contributed by atoms with E-state index in [0.29, 0.717) is 23.3 Å². The van der Waals surface area contributed by atoms with E-state index in [1.165, 1.54) is 24.9 Å². The highest BCUT2D eigenvalue weighted by Gasteiger charge is 2.21. The highest BCUT2D eigenvalue weighted by molar-refractivity contribution is 7.26. The van der Waals surface area contributed by atoms with Gasteiger partial charge in [0.15, 0.2) is 23.3 Å². The molecule has 0 spiro atoms. The van der Waals surface area contributed by atoms with Crippen molar-refractivity contribution >= 4 is 85.1 Å². The first-order valence-electron chi connectivity index (χ1n) is 18.7. The zero-order valence-electron chi connectivity index (χ0n) is 30.0. The number of benzene rings is 7. The van der Waals surface area contributed by atoms with E-state index in [-0.39, 0.29) is 0 Å². The van der Waals surface area contributed by atoms with Crippen molar-refractivity contribution in [2.24, 2.45) is 0 Å². The number of hydrogen-bond acceptors (Lipinski definition) is 8. The Balaban J connectivity index is 1.08. The molecule has 5 aromatic heterocycles. The van der Waals surface area contributed by atoms with Gasteiger partial charge in [-0.2, -0.15) is 0 Å². The lowest BCUT2D eigenvalue weighted by atomic mass is 10.0. The first-order chi connectivity index (χ1) is 28.2. The fourth-order valence-corrected chi connectivity index (χ4v) is 10.1. The van der Waals surface area contributed by atoms with Gasteiger partial charge in [0.25, 0.3) is 0 Å². The van der Waals surface area contributed by atoms with Gasteiger partial charge in [0.05, 0.1) is 15.9 Å². The molecule has 0 aliphatic heterocycles. The summed E-state index contributed by atoms with van der Waals surface area (Å²) in [6.45, 7) is 0. The second-order valence-electron chi connectivity index (χ2n) is 14.0. The Bertz CT molecular complexity index is 3540. The van der Waals surface area contributed by atoms with Crippen molar-refractivity contribution in [1.82, 2.24) is 24.9 Å². The normalized spacial score (nSPS) is 11.9. The third-order valence-electron chi connectivity index (χ3n) is 10.6. The maximum Gasteiger partial charge on any atom is 0.164 e. The summed E-state index contributed by atoms with van der Waals surface area (Å²) in [6, 6.07) is 56.2. The number of fused-ring (bicyclic) bond motifs is 9. The van der Waals surface area contributed by atoms with Gasteiger partial charge in [0, 0.05) is 68.8 Å². The van der Waals surface area contributed by atoms with Crippen molar-refractivity contribution in [2.45, 2.75) is 0 Å². The predicted molar refractivity (Wildman–Crippen MR) is 236 cm³/mol. The highest BCUT2D eigenvalue weighted by atomic mass is 32.1. The van der Waals surface area contributed by atoms with Crippen LogP contribution in [0.2, 0.25) is 0 Å². The summed E-state index contributed by atoms with van der Waals surface area (Å²) in [4.78, 5) is 25.8. The highest BCUT2D eigenvalue weighted by Crippen LogP contribution is 2.43. The third kappa shape index (κ3) is 5.26. The quantitative estimate of drug-likeness (QED) is 0.174. The number of thiophene rings is 2. The Morgan fingerprint density at radius 1 is 0.368 bits per heavy atom. The summed E-state index contributed by atoms with van der Waals surface area (Å²) >= 11 is 3.52. The second kappa shape index (κ2) is 12.7. The first kappa shape index (κ1) is 32.1. The Morgan fingerprint density at radius 2 is 0.982 bits per heavy atom. The van der Waals surface area contributed by atoms with Crippen LogP contribution in [0.3, 0.4) is 0 Å². The topological polar surface area (TPSA) is 77.6 Å². The molecule has 12 aromatic rings. The molecule has 7 aromatic carbocycles. The molecule has 0 unspecified atom stereocenters. The lowest BCUT2D eigenvalue weighted by molar-refractivity contribution is 0.669. The van der Waals surface area contributed by atoms with Crippen LogP contribution in [0.25, 0.3) is 119 Å². The molecular formula is C49H27N5OS2. The molecule has 0 N–H and O–H groups in total. The van der Waals surface area contributed by atoms with Gasteiger partial charge in [0.1, 0.15) is 11.2 Å². The van der Waals surface area contributed by atoms with Crippen molar-refractivity contribution in [3.8, 4) is 56.8 Å². The Hall–Kier alpha value is -7.13. The SMILES string of the molecule is c1ccc(-c2nc(-c3ccc4sc5ccccc5c4c3)nc(-c3cccc4oc5ccc(-c6nc(-c7ccccc7)nc7c6sc6ccccc67)cc5c34)n2)cc1. The molecule has 8 heteroatoms. The molecule has 0 saturated carbocycles. The van der Waals surface area contributed by atoms with E-state index >= 15 is 0 Å². The van der Waals surface area contributed by atoms with E-state index in [1.807, 2.05) is 66.7 Å². The molecule has 6 nitrogen and oxygen atoms in total. The Kier molecular flexibility index (Phi) is 7.17. The minimum absolute atomic E-state index is 0.577. The minimum atomic E-state index is 0.577. The fraction of sp³-hybridized carbons (Fsp3) is 0. The van der Waals surface area contributed by atoms with Crippen molar-refractivity contribution in [2.75, 3.05) is 0 Å². The molecule has 0 aliphatic carbocycles. The molecule has 0 aliphatic rings. The maximum atomic E-state index is 6.54. The van der Waals surface area contributed by atoms with Gasteiger partial charge in [-0.15, -0.1) is 22.7 Å². The van der Waals surface area contributed by atoms with E-state index in [1.54, 1.807) is 22.7 Å². The average molecular weight is 766 g/mol. The molecule has 266 valence electrons. The molecule has 0 saturated heterocycles. The van der Waals surface area contributed by atoms with Crippen LogP contribution >= 0.6 is 22.7 Å². The molecular weight excluding hydrogens is 739 g/mol. The van der Waals surface area contributed by atoms with Crippen LogP contribution in [-0.4, -0.2) is 24.9 Å². The van der Waals surface area contributed by atoms with Gasteiger partial charge in [-0.3, -0.25) is 0 Å². The van der Waals surface area contributed by atoms with Crippen LogP contribution < -0.4 is 0 Å². The molecule has 5 heterocycles. The molecule has 0 bridgehead atoms. The lowest BCUT2D eigenvalue weighted by Gasteiger charge is -2.10. The summed E-state index contributed by atoms with van der Waals surface area (Å²) in [5.41, 5.74) is 8.05. The van der Waals surface area contributed by atoms with E-state index in [0.717, 1.165) is 71.1 Å². The minimum Gasteiger partial charge on any atom is -0.456 e. The van der Waals surface area contributed by atoms with E-state index in [9.17, 15) is 0 Å². The zero-order chi connectivity index (χ0) is 37.5. The molecule has 0 amide bonds. The third-order valence-corrected chi connectivity index (χ3v) is 12.9. The lowest BCUT2D eigenvalue weighted by Crippen LogP contribution is -2.00. The van der Waals surface area contributed by atoms with Crippen LogP contribution in [0.15, 0.2) is 168 Å². The van der Waals surface area contributed by atoms with E-state index in [4.69, 9.17) is 29.3 Å². The van der Waals surface area contributed by atoms with Crippen LogP contribution in [0.5, 0.6) is 0 Å². The van der Waals surface area contributed by atoms with Crippen molar-refractivity contribution in [1.29, 1.82) is 0 Å². The maximum absolute atomic E-state index is 6.54. The van der Waals surface area contributed by atoms with Gasteiger partial charge in [-0.05, 0) is 54.6 Å². The van der Waals surface area contributed by atoms with Crippen molar-refractivity contribution < 1.29 is 4.42 Å². The molecule has 0 radical (unpaired) electrons. The molecule has 0 atom stereocenters. The number of hydrogen-bond donors (Lipinski definition) is 0. The molecule has 57 heavy (non-hydrogen) atoms. The Labute approximate surface area is 333 Å². The van der Waals surface area contributed by atoms with Crippen LogP contribution in [0, 0.1) is 0 Å². The van der Waals surface area contributed by atoms with Crippen molar-refractivity contribution in [3.05, 3.63) is 164 Å². The molecule has 12 rings (SSSR count).